The summed E-state index contributed by atoms with van der Waals surface area (Å²) >= 11 is 1.74. The van der Waals surface area contributed by atoms with Crippen molar-refractivity contribution in [1.29, 1.82) is 0 Å². The minimum absolute atomic E-state index is 0.407. The number of aliphatic hydroxyl groups is 1. The molecule has 0 amide bonds. The van der Waals surface area contributed by atoms with Crippen LogP contribution in [-0.4, -0.2) is 23.8 Å². The molecule has 0 radical (unpaired) electrons. The summed E-state index contributed by atoms with van der Waals surface area (Å²) < 4.78 is 0. The summed E-state index contributed by atoms with van der Waals surface area (Å²) in [6.45, 7) is 0. The number of thiophene rings is 1. The Hall–Kier alpha value is -0.380. The fourth-order valence-corrected chi connectivity index (χ4v) is 3.21. The number of rotatable bonds is 4. The van der Waals surface area contributed by atoms with Gasteiger partial charge >= 0.3 is 0 Å². The number of nitrogens with one attached hydrogen (secondary N) is 1. The summed E-state index contributed by atoms with van der Waals surface area (Å²) in [4.78, 5) is 0. The molecule has 2 nitrogen and oxygen atoms in total. The van der Waals surface area contributed by atoms with Crippen molar-refractivity contribution in [1.82, 2.24) is 5.32 Å². The van der Waals surface area contributed by atoms with Crippen molar-refractivity contribution in [3.8, 4) is 0 Å². The van der Waals surface area contributed by atoms with Gasteiger partial charge in [0.05, 0.1) is 5.60 Å². The van der Waals surface area contributed by atoms with Gasteiger partial charge in [-0.05, 0) is 68.0 Å². The topological polar surface area (TPSA) is 32.3 Å². The Morgan fingerprint density at radius 1 is 1.50 bits per heavy atom. The van der Waals surface area contributed by atoms with E-state index in [4.69, 9.17) is 0 Å². The lowest BCUT2D eigenvalue weighted by Crippen LogP contribution is -2.40. The molecular formula is C13H21NOS. The minimum Gasteiger partial charge on any atom is -0.390 e. The maximum atomic E-state index is 10.5. The molecule has 0 spiro atoms. The summed E-state index contributed by atoms with van der Waals surface area (Å²) in [6.07, 6.45) is 6.04. The molecule has 0 unspecified atom stereocenters. The van der Waals surface area contributed by atoms with Crippen molar-refractivity contribution in [3.05, 3.63) is 22.4 Å². The van der Waals surface area contributed by atoms with Gasteiger partial charge < -0.3 is 10.4 Å². The molecule has 0 aliphatic heterocycles. The second-order valence-corrected chi connectivity index (χ2v) is 5.70. The van der Waals surface area contributed by atoms with Gasteiger partial charge in [0.25, 0.3) is 0 Å². The monoisotopic (exact) mass is 239 g/mol. The molecular weight excluding hydrogens is 218 g/mol. The summed E-state index contributed by atoms with van der Waals surface area (Å²) in [5.41, 5.74) is 0.962. The summed E-state index contributed by atoms with van der Waals surface area (Å²) in [6, 6.07) is 2.77. The van der Waals surface area contributed by atoms with Gasteiger partial charge in [0.1, 0.15) is 0 Å². The number of aryl methyl sites for hydroxylation is 1. The molecule has 1 heterocycles. The van der Waals surface area contributed by atoms with E-state index in [1.807, 2.05) is 7.05 Å². The van der Waals surface area contributed by atoms with Crippen molar-refractivity contribution in [3.63, 3.8) is 0 Å². The predicted molar refractivity (Wildman–Crippen MR) is 68.9 cm³/mol. The van der Waals surface area contributed by atoms with Crippen LogP contribution in [0.25, 0.3) is 0 Å². The largest absolute Gasteiger partial charge is 0.390 e. The zero-order chi connectivity index (χ0) is 11.4. The Balaban J connectivity index is 1.80. The summed E-state index contributed by atoms with van der Waals surface area (Å²) in [7, 11) is 2.01. The third kappa shape index (κ3) is 3.06. The molecule has 1 saturated carbocycles. The summed E-state index contributed by atoms with van der Waals surface area (Å²) in [5, 5.41) is 18.1. The quantitative estimate of drug-likeness (QED) is 0.846. The molecule has 3 heteroatoms. The lowest BCUT2D eigenvalue weighted by Gasteiger charge is -2.36. The minimum atomic E-state index is -0.407. The number of hydrogen-bond donors (Lipinski definition) is 2. The van der Waals surface area contributed by atoms with Crippen LogP contribution in [0.3, 0.4) is 0 Å². The van der Waals surface area contributed by atoms with Crippen molar-refractivity contribution in [2.24, 2.45) is 0 Å². The zero-order valence-corrected chi connectivity index (χ0v) is 10.7. The van der Waals surface area contributed by atoms with E-state index in [9.17, 15) is 5.11 Å². The second-order valence-electron chi connectivity index (χ2n) is 4.92. The Kier molecular flexibility index (Phi) is 4.00. The Morgan fingerprint density at radius 2 is 2.25 bits per heavy atom. The molecule has 0 bridgehead atoms. The van der Waals surface area contributed by atoms with E-state index in [1.54, 1.807) is 11.3 Å². The average Bonchev–Trinajstić information content (AvgIpc) is 2.81. The molecule has 0 saturated heterocycles. The van der Waals surface area contributed by atoms with Crippen molar-refractivity contribution >= 4 is 11.3 Å². The molecule has 90 valence electrons. The van der Waals surface area contributed by atoms with Gasteiger partial charge in [0, 0.05) is 6.04 Å². The van der Waals surface area contributed by atoms with E-state index in [0.29, 0.717) is 6.04 Å². The maximum Gasteiger partial charge on any atom is 0.0652 e. The predicted octanol–water partition coefficient (Wildman–Crippen LogP) is 2.57. The highest BCUT2D eigenvalue weighted by Gasteiger charge is 2.32. The molecule has 1 fully saturated rings. The van der Waals surface area contributed by atoms with Gasteiger partial charge in [-0.3, -0.25) is 0 Å². The molecule has 0 aromatic carbocycles. The van der Waals surface area contributed by atoms with Gasteiger partial charge in [0.15, 0.2) is 0 Å². The van der Waals surface area contributed by atoms with E-state index in [-0.39, 0.29) is 0 Å². The van der Waals surface area contributed by atoms with Crippen LogP contribution >= 0.6 is 11.3 Å². The second kappa shape index (κ2) is 5.30. The highest BCUT2D eigenvalue weighted by atomic mass is 32.1. The highest BCUT2D eigenvalue weighted by Crippen LogP contribution is 2.32. The van der Waals surface area contributed by atoms with Gasteiger partial charge in [-0.25, -0.2) is 0 Å². The first kappa shape index (κ1) is 12.1. The first-order chi connectivity index (χ1) is 7.72. The van der Waals surface area contributed by atoms with Crippen LogP contribution in [0.15, 0.2) is 16.8 Å². The van der Waals surface area contributed by atoms with Crippen LogP contribution in [0.1, 0.15) is 37.7 Å². The molecule has 1 aliphatic rings. The first-order valence-corrected chi connectivity index (χ1v) is 7.07. The van der Waals surface area contributed by atoms with E-state index in [1.165, 1.54) is 5.56 Å². The Labute approximate surface area is 102 Å². The fourth-order valence-electron chi connectivity index (χ4n) is 2.51. The molecule has 16 heavy (non-hydrogen) atoms. The molecule has 2 rings (SSSR count). The van der Waals surface area contributed by atoms with Crippen LogP contribution in [0, 0.1) is 0 Å². The van der Waals surface area contributed by atoms with Gasteiger partial charge in [-0.15, -0.1) is 0 Å². The van der Waals surface area contributed by atoms with Crippen molar-refractivity contribution in [2.45, 2.75) is 50.2 Å². The van der Waals surface area contributed by atoms with Crippen LogP contribution in [-0.2, 0) is 6.42 Å². The zero-order valence-electron chi connectivity index (χ0n) is 9.91. The highest BCUT2D eigenvalue weighted by molar-refractivity contribution is 7.07. The third-order valence-corrected chi connectivity index (χ3v) is 4.52. The standard InChI is InChI=1S/C13H21NOS/c1-14-12-3-7-13(15,8-4-12)6-2-11-5-9-16-10-11/h5,9-10,12,14-15H,2-4,6-8H2,1H3. The molecule has 1 aliphatic carbocycles. The van der Waals surface area contributed by atoms with Crippen LogP contribution in [0.2, 0.25) is 0 Å². The van der Waals surface area contributed by atoms with Crippen molar-refractivity contribution < 1.29 is 5.11 Å². The molecule has 2 N–H and O–H groups in total. The lowest BCUT2D eigenvalue weighted by atomic mass is 9.79. The normalized spacial score (nSPS) is 30.5. The Morgan fingerprint density at radius 3 is 2.81 bits per heavy atom. The molecule has 0 atom stereocenters. The average molecular weight is 239 g/mol. The van der Waals surface area contributed by atoms with Crippen LogP contribution in [0.5, 0.6) is 0 Å². The molecule has 1 aromatic heterocycles. The lowest BCUT2D eigenvalue weighted by molar-refractivity contribution is -0.01000. The Bertz CT molecular complexity index is 302. The van der Waals surface area contributed by atoms with Crippen LogP contribution < -0.4 is 5.32 Å². The maximum absolute atomic E-state index is 10.5. The smallest absolute Gasteiger partial charge is 0.0652 e. The van der Waals surface area contributed by atoms with E-state index in [0.717, 1.165) is 38.5 Å². The van der Waals surface area contributed by atoms with E-state index < -0.39 is 5.60 Å². The van der Waals surface area contributed by atoms with Gasteiger partial charge in [-0.1, -0.05) is 0 Å². The SMILES string of the molecule is CNC1CCC(O)(CCc2ccsc2)CC1. The third-order valence-electron chi connectivity index (χ3n) is 3.78. The summed E-state index contributed by atoms with van der Waals surface area (Å²) in [5.74, 6) is 0. The fraction of sp³-hybridized carbons (Fsp3) is 0.692. The first-order valence-electron chi connectivity index (χ1n) is 6.13. The van der Waals surface area contributed by atoms with Gasteiger partial charge in [-0.2, -0.15) is 11.3 Å². The van der Waals surface area contributed by atoms with Crippen molar-refractivity contribution in [2.75, 3.05) is 7.05 Å². The molecule has 1 aromatic rings. The van der Waals surface area contributed by atoms with E-state index in [2.05, 4.69) is 22.1 Å². The van der Waals surface area contributed by atoms with Crippen LogP contribution in [0.4, 0.5) is 0 Å². The van der Waals surface area contributed by atoms with E-state index >= 15 is 0 Å². The number of hydrogen-bond acceptors (Lipinski definition) is 3. The van der Waals surface area contributed by atoms with Gasteiger partial charge in [0.2, 0.25) is 0 Å².